The highest BCUT2D eigenvalue weighted by molar-refractivity contribution is 5.37. The van der Waals surface area contributed by atoms with E-state index >= 15 is 0 Å². The number of hydrogen-bond donors (Lipinski definition) is 1. The minimum Gasteiger partial charge on any atom is -0.376 e. The van der Waals surface area contributed by atoms with Gasteiger partial charge < -0.3 is 14.8 Å². The lowest BCUT2D eigenvalue weighted by molar-refractivity contribution is -0.387. The van der Waals surface area contributed by atoms with Crippen LogP contribution in [0.15, 0.2) is 12.1 Å². The summed E-state index contributed by atoms with van der Waals surface area (Å²) in [5, 5.41) is 13.5. The molecular weight excluding hydrogens is 274 g/mol. The Kier molecular flexibility index (Phi) is 4.94. The minimum atomic E-state index is -1.18. The number of ether oxygens (including phenoxy) is 2. The van der Waals surface area contributed by atoms with Crippen molar-refractivity contribution in [3.63, 3.8) is 0 Å². The van der Waals surface area contributed by atoms with Crippen LogP contribution in [0.3, 0.4) is 0 Å². The van der Waals surface area contributed by atoms with E-state index in [0.29, 0.717) is 32.4 Å². The predicted octanol–water partition coefficient (Wildman–Crippen LogP) is 1.38. The van der Waals surface area contributed by atoms with Gasteiger partial charge in [0, 0.05) is 30.8 Å². The standard InChI is InChI=1S/C12H14F2N2O4/c13-10-4-11(14)12(16(17)18)3-8(10)5-15-6-9-7-19-1-2-20-9/h3-4,9,15H,1-2,5-7H2. The zero-order valence-corrected chi connectivity index (χ0v) is 10.6. The Bertz CT molecular complexity index is 493. The number of nitro groups is 1. The van der Waals surface area contributed by atoms with Crippen LogP contribution in [0.4, 0.5) is 14.5 Å². The molecule has 0 spiro atoms. The highest BCUT2D eigenvalue weighted by atomic mass is 19.1. The minimum absolute atomic E-state index is 0.0369. The van der Waals surface area contributed by atoms with Gasteiger partial charge in [0.15, 0.2) is 0 Å². The number of benzene rings is 1. The second kappa shape index (κ2) is 6.69. The molecule has 1 heterocycles. The van der Waals surface area contributed by atoms with Gasteiger partial charge in [-0.2, -0.15) is 4.39 Å². The topological polar surface area (TPSA) is 73.6 Å². The summed E-state index contributed by atoms with van der Waals surface area (Å²) in [4.78, 5) is 9.71. The van der Waals surface area contributed by atoms with Crippen LogP contribution in [0.25, 0.3) is 0 Å². The van der Waals surface area contributed by atoms with Crippen LogP contribution in [0.1, 0.15) is 5.56 Å². The van der Waals surface area contributed by atoms with Gasteiger partial charge in [-0.25, -0.2) is 4.39 Å². The molecule has 110 valence electrons. The van der Waals surface area contributed by atoms with E-state index in [1.54, 1.807) is 0 Å². The van der Waals surface area contributed by atoms with Crippen molar-refractivity contribution in [3.05, 3.63) is 39.4 Å². The van der Waals surface area contributed by atoms with Crippen LogP contribution in [0.5, 0.6) is 0 Å². The summed E-state index contributed by atoms with van der Waals surface area (Å²) in [6.07, 6.45) is -0.137. The average Bonchev–Trinajstić information content (AvgIpc) is 2.42. The highest BCUT2D eigenvalue weighted by Gasteiger charge is 2.19. The molecule has 8 heteroatoms. The van der Waals surface area contributed by atoms with E-state index in [0.717, 1.165) is 6.07 Å². The van der Waals surface area contributed by atoms with Gasteiger partial charge in [-0.3, -0.25) is 10.1 Å². The molecule has 1 saturated heterocycles. The van der Waals surface area contributed by atoms with Gasteiger partial charge in [0.2, 0.25) is 5.82 Å². The Morgan fingerprint density at radius 3 is 2.80 bits per heavy atom. The first kappa shape index (κ1) is 14.8. The molecule has 1 aliphatic heterocycles. The number of nitro benzene ring substituents is 1. The van der Waals surface area contributed by atoms with Gasteiger partial charge in [0.25, 0.3) is 0 Å². The summed E-state index contributed by atoms with van der Waals surface area (Å²) < 4.78 is 37.2. The summed E-state index contributed by atoms with van der Waals surface area (Å²) in [5.41, 5.74) is -0.699. The maximum atomic E-state index is 13.5. The lowest BCUT2D eigenvalue weighted by atomic mass is 10.1. The summed E-state index contributed by atoms with van der Waals surface area (Å²) in [7, 11) is 0. The molecule has 0 radical (unpaired) electrons. The fourth-order valence-corrected chi connectivity index (χ4v) is 1.88. The first-order chi connectivity index (χ1) is 9.58. The number of hydrogen-bond acceptors (Lipinski definition) is 5. The Hall–Kier alpha value is -1.64. The Morgan fingerprint density at radius 2 is 2.15 bits per heavy atom. The van der Waals surface area contributed by atoms with Crippen molar-refractivity contribution in [1.82, 2.24) is 5.32 Å². The highest BCUT2D eigenvalue weighted by Crippen LogP contribution is 2.21. The average molecular weight is 288 g/mol. The summed E-state index contributed by atoms with van der Waals surface area (Å²) >= 11 is 0. The van der Waals surface area contributed by atoms with Gasteiger partial charge in [-0.15, -0.1) is 0 Å². The molecule has 1 aliphatic rings. The summed E-state index contributed by atoms with van der Waals surface area (Å²) in [6.45, 7) is 1.97. The third-order valence-corrected chi connectivity index (χ3v) is 2.88. The third kappa shape index (κ3) is 3.69. The normalized spacial score (nSPS) is 19.0. The molecule has 6 nitrogen and oxygen atoms in total. The van der Waals surface area contributed by atoms with E-state index in [4.69, 9.17) is 9.47 Å². The van der Waals surface area contributed by atoms with E-state index in [9.17, 15) is 18.9 Å². The Morgan fingerprint density at radius 1 is 1.35 bits per heavy atom. The van der Waals surface area contributed by atoms with E-state index in [1.807, 2.05) is 0 Å². The quantitative estimate of drug-likeness (QED) is 0.654. The number of nitrogens with zero attached hydrogens (tertiary/aromatic N) is 1. The van der Waals surface area contributed by atoms with Crippen molar-refractivity contribution in [2.75, 3.05) is 26.4 Å². The molecule has 0 amide bonds. The van der Waals surface area contributed by atoms with Crippen molar-refractivity contribution in [3.8, 4) is 0 Å². The summed E-state index contributed by atoms with van der Waals surface area (Å²) in [6, 6.07) is 1.42. The molecule has 1 N–H and O–H groups in total. The smallest absolute Gasteiger partial charge is 0.305 e. The third-order valence-electron chi connectivity index (χ3n) is 2.88. The molecule has 0 saturated carbocycles. The second-order valence-electron chi connectivity index (χ2n) is 4.35. The SMILES string of the molecule is O=[N+]([O-])c1cc(CNCC2COCCO2)c(F)cc1F. The van der Waals surface area contributed by atoms with Crippen molar-refractivity contribution < 1.29 is 23.2 Å². The molecule has 2 rings (SSSR count). The van der Waals surface area contributed by atoms with Gasteiger partial charge in [-0.05, 0) is 0 Å². The zero-order chi connectivity index (χ0) is 14.5. The molecule has 1 aromatic rings. The van der Waals surface area contributed by atoms with E-state index in [1.165, 1.54) is 0 Å². The lowest BCUT2D eigenvalue weighted by Crippen LogP contribution is -2.37. The van der Waals surface area contributed by atoms with E-state index < -0.39 is 22.2 Å². The lowest BCUT2D eigenvalue weighted by Gasteiger charge is -2.23. The molecule has 0 aliphatic carbocycles. The molecule has 0 aromatic heterocycles. The van der Waals surface area contributed by atoms with Crippen molar-refractivity contribution in [2.24, 2.45) is 0 Å². The van der Waals surface area contributed by atoms with Gasteiger partial charge in [0.05, 0.1) is 30.8 Å². The fourth-order valence-electron chi connectivity index (χ4n) is 1.88. The molecule has 1 atom stereocenters. The van der Waals surface area contributed by atoms with Crippen LogP contribution in [-0.4, -0.2) is 37.4 Å². The molecule has 1 fully saturated rings. The van der Waals surface area contributed by atoms with Crippen LogP contribution >= 0.6 is 0 Å². The Labute approximate surface area is 113 Å². The van der Waals surface area contributed by atoms with Gasteiger partial charge >= 0.3 is 5.69 Å². The maximum absolute atomic E-state index is 13.5. The maximum Gasteiger partial charge on any atom is 0.305 e. The molecule has 20 heavy (non-hydrogen) atoms. The second-order valence-corrected chi connectivity index (χ2v) is 4.35. The summed E-state index contributed by atoms with van der Waals surface area (Å²) in [5.74, 6) is -2.00. The largest absolute Gasteiger partial charge is 0.376 e. The van der Waals surface area contributed by atoms with E-state index in [-0.39, 0.29) is 18.2 Å². The van der Waals surface area contributed by atoms with Gasteiger partial charge in [-0.1, -0.05) is 0 Å². The Balaban J connectivity index is 1.94. The van der Waals surface area contributed by atoms with Crippen LogP contribution in [-0.2, 0) is 16.0 Å². The van der Waals surface area contributed by atoms with Crippen LogP contribution in [0, 0.1) is 21.7 Å². The molecule has 1 unspecified atom stereocenters. The first-order valence-electron chi connectivity index (χ1n) is 6.10. The first-order valence-corrected chi connectivity index (χ1v) is 6.10. The predicted molar refractivity (Wildman–Crippen MR) is 65.3 cm³/mol. The zero-order valence-electron chi connectivity index (χ0n) is 10.6. The van der Waals surface area contributed by atoms with E-state index in [2.05, 4.69) is 5.32 Å². The molecular formula is C12H14F2N2O4. The van der Waals surface area contributed by atoms with Crippen LogP contribution in [0.2, 0.25) is 0 Å². The molecule has 1 aromatic carbocycles. The number of rotatable bonds is 5. The number of halogens is 2. The molecule has 0 bridgehead atoms. The number of nitrogens with one attached hydrogen (secondary N) is 1. The fraction of sp³-hybridized carbons (Fsp3) is 0.500. The monoisotopic (exact) mass is 288 g/mol. The van der Waals surface area contributed by atoms with Crippen LogP contribution < -0.4 is 5.32 Å². The van der Waals surface area contributed by atoms with Crippen molar-refractivity contribution in [2.45, 2.75) is 12.6 Å². The van der Waals surface area contributed by atoms with Gasteiger partial charge in [0.1, 0.15) is 5.82 Å². The van der Waals surface area contributed by atoms with Crippen molar-refractivity contribution >= 4 is 5.69 Å². The van der Waals surface area contributed by atoms with Crippen molar-refractivity contribution in [1.29, 1.82) is 0 Å².